The maximum atomic E-state index is 6.28. The van der Waals surface area contributed by atoms with E-state index in [0.29, 0.717) is 0 Å². The minimum Gasteiger partial charge on any atom is -0.323 e. The average Bonchev–Trinajstić information content (AvgIpc) is 2.75. The summed E-state index contributed by atoms with van der Waals surface area (Å²) in [5, 5.41) is 4.39. The molecule has 0 spiro atoms. The van der Waals surface area contributed by atoms with Gasteiger partial charge in [0.05, 0.1) is 19.6 Å². The molecule has 98 valence electrons. The maximum absolute atomic E-state index is 6.28. The van der Waals surface area contributed by atoms with E-state index in [1.807, 2.05) is 18.7 Å². The van der Waals surface area contributed by atoms with Crippen molar-refractivity contribution in [2.24, 2.45) is 12.8 Å². The molecule has 0 radical (unpaired) electrons. The van der Waals surface area contributed by atoms with E-state index in [4.69, 9.17) is 5.73 Å². The Morgan fingerprint density at radius 1 is 1.44 bits per heavy atom. The first-order valence-electron chi connectivity index (χ1n) is 5.59. The molecule has 18 heavy (non-hydrogen) atoms. The number of nitrogens with zero attached hydrogens (tertiary/aromatic N) is 2. The minimum absolute atomic E-state index is 0.00565. The number of aryl methyl sites for hydroxylation is 3. The summed E-state index contributed by atoms with van der Waals surface area (Å²) in [4.78, 5) is 1.20. The van der Waals surface area contributed by atoms with E-state index in [1.54, 1.807) is 11.3 Å². The Morgan fingerprint density at radius 3 is 2.56 bits per heavy atom. The van der Waals surface area contributed by atoms with Crippen LogP contribution in [0.4, 0.5) is 0 Å². The van der Waals surface area contributed by atoms with Crippen LogP contribution in [0.3, 0.4) is 0 Å². The van der Waals surface area contributed by atoms with Gasteiger partial charge in [0.1, 0.15) is 0 Å². The lowest BCUT2D eigenvalue weighted by atomic mass is 10.1. The van der Waals surface area contributed by atoms with Gasteiger partial charge in [-0.25, -0.2) is 0 Å². The van der Waals surface area contributed by atoms with Crippen LogP contribution in [0.2, 0.25) is 0 Å². The van der Waals surface area contributed by atoms with Gasteiger partial charge in [0, 0.05) is 24.4 Å². The molecule has 0 bridgehead atoms. The number of nitrogens with two attached hydrogens (primary N) is 1. The topological polar surface area (TPSA) is 43.8 Å². The van der Waals surface area contributed by atoms with E-state index in [2.05, 4.69) is 49.9 Å². The molecule has 6 heteroatoms. The first-order valence-corrected chi connectivity index (χ1v) is 7.99. The summed E-state index contributed by atoms with van der Waals surface area (Å²) in [5.41, 5.74) is 9.67. The van der Waals surface area contributed by atoms with Crippen LogP contribution >= 0.6 is 43.2 Å². The van der Waals surface area contributed by atoms with E-state index in [-0.39, 0.29) is 6.04 Å². The second-order valence-electron chi connectivity index (χ2n) is 4.39. The van der Waals surface area contributed by atoms with Crippen LogP contribution in [-0.2, 0) is 13.5 Å². The third-order valence-corrected chi connectivity index (χ3v) is 6.22. The third-order valence-electron chi connectivity index (χ3n) is 2.92. The lowest BCUT2D eigenvalue weighted by Crippen LogP contribution is -2.14. The van der Waals surface area contributed by atoms with Gasteiger partial charge in [-0.05, 0) is 57.3 Å². The molecular weight excluding hydrogens is 378 g/mol. The third kappa shape index (κ3) is 2.71. The number of hydrogen-bond donors (Lipinski definition) is 1. The van der Waals surface area contributed by atoms with Crippen LogP contribution in [0.5, 0.6) is 0 Å². The number of hydrogen-bond acceptors (Lipinski definition) is 3. The van der Waals surface area contributed by atoms with E-state index in [1.165, 1.54) is 10.4 Å². The molecule has 0 saturated heterocycles. The van der Waals surface area contributed by atoms with E-state index < -0.39 is 0 Å². The van der Waals surface area contributed by atoms with Crippen molar-refractivity contribution in [3.63, 3.8) is 0 Å². The molecule has 2 rings (SSSR count). The molecule has 2 N–H and O–H groups in total. The van der Waals surface area contributed by atoms with Crippen molar-refractivity contribution >= 4 is 43.2 Å². The highest BCUT2D eigenvalue weighted by Gasteiger charge is 2.17. The van der Waals surface area contributed by atoms with Gasteiger partial charge in [-0.3, -0.25) is 4.68 Å². The van der Waals surface area contributed by atoms with Gasteiger partial charge in [-0.1, -0.05) is 0 Å². The van der Waals surface area contributed by atoms with Gasteiger partial charge in [-0.15, -0.1) is 11.3 Å². The molecule has 2 aromatic heterocycles. The van der Waals surface area contributed by atoms with Crippen LogP contribution in [-0.4, -0.2) is 9.78 Å². The summed E-state index contributed by atoms with van der Waals surface area (Å²) >= 11 is 8.82. The second kappa shape index (κ2) is 5.45. The number of thiophene rings is 1. The van der Waals surface area contributed by atoms with Crippen LogP contribution in [0.1, 0.15) is 27.9 Å². The fraction of sp³-hybridized carbons (Fsp3) is 0.417. The summed E-state index contributed by atoms with van der Waals surface area (Å²) in [7, 11) is 1.95. The van der Waals surface area contributed by atoms with Gasteiger partial charge < -0.3 is 5.73 Å². The minimum atomic E-state index is 0.00565. The van der Waals surface area contributed by atoms with Crippen LogP contribution in [0.15, 0.2) is 14.3 Å². The Morgan fingerprint density at radius 2 is 2.11 bits per heavy atom. The Kier molecular flexibility index (Phi) is 4.31. The van der Waals surface area contributed by atoms with Gasteiger partial charge >= 0.3 is 0 Å². The molecule has 0 aromatic carbocycles. The summed E-state index contributed by atoms with van der Waals surface area (Å²) in [6.07, 6.45) is 0.782. The molecular formula is C12H15Br2N3S. The lowest BCUT2D eigenvalue weighted by Gasteiger charge is -2.10. The Balaban J connectivity index is 2.23. The van der Waals surface area contributed by atoms with Gasteiger partial charge in [-0.2, -0.15) is 5.10 Å². The highest BCUT2D eigenvalue weighted by Crippen LogP contribution is 2.33. The van der Waals surface area contributed by atoms with Crippen molar-refractivity contribution in [1.82, 2.24) is 9.78 Å². The first-order chi connectivity index (χ1) is 8.40. The molecule has 3 nitrogen and oxygen atoms in total. The largest absolute Gasteiger partial charge is 0.323 e. The summed E-state index contributed by atoms with van der Waals surface area (Å²) < 4.78 is 4.12. The van der Waals surface area contributed by atoms with Crippen LogP contribution in [0, 0.1) is 13.8 Å². The zero-order valence-electron chi connectivity index (χ0n) is 10.5. The number of halogens is 2. The Bertz CT molecular complexity index is 555. The molecule has 0 aliphatic heterocycles. The molecule has 0 amide bonds. The molecule has 1 unspecified atom stereocenters. The molecule has 0 saturated carbocycles. The van der Waals surface area contributed by atoms with E-state index in [0.717, 1.165) is 26.1 Å². The SMILES string of the molecule is Cc1cc(C(N)Cc2c(Br)c(C)nn2C)sc1Br. The van der Waals surface area contributed by atoms with Crippen LogP contribution < -0.4 is 5.73 Å². The zero-order chi connectivity index (χ0) is 13.4. The van der Waals surface area contributed by atoms with Crippen molar-refractivity contribution < 1.29 is 0 Å². The standard InChI is InChI=1S/C12H15Br2N3S/c1-6-4-10(18-12(6)14)8(15)5-9-11(13)7(2)16-17(9)3/h4,8H,5,15H2,1-3H3. The predicted molar refractivity (Wildman–Crippen MR) is 83.0 cm³/mol. The summed E-state index contributed by atoms with van der Waals surface area (Å²) in [6.45, 7) is 4.08. The first kappa shape index (κ1) is 14.2. The van der Waals surface area contributed by atoms with Crippen molar-refractivity contribution in [2.45, 2.75) is 26.3 Å². The van der Waals surface area contributed by atoms with Crippen molar-refractivity contribution in [1.29, 1.82) is 0 Å². The quantitative estimate of drug-likeness (QED) is 0.861. The second-order valence-corrected chi connectivity index (χ2v) is 7.58. The number of aromatic nitrogens is 2. The fourth-order valence-electron chi connectivity index (χ4n) is 1.88. The van der Waals surface area contributed by atoms with Crippen LogP contribution in [0.25, 0.3) is 0 Å². The monoisotopic (exact) mass is 391 g/mol. The van der Waals surface area contributed by atoms with Crippen molar-refractivity contribution in [3.05, 3.63) is 36.2 Å². The highest BCUT2D eigenvalue weighted by atomic mass is 79.9. The average molecular weight is 393 g/mol. The van der Waals surface area contributed by atoms with Gasteiger partial charge in [0.2, 0.25) is 0 Å². The lowest BCUT2D eigenvalue weighted by molar-refractivity contribution is 0.644. The maximum Gasteiger partial charge on any atom is 0.0738 e. The molecule has 2 aromatic rings. The van der Waals surface area contributed by atoms with Crippen molar-refractivity contribution in [3.8, 4) is 0 Å². The van der Waals surface area contributed by atoms with Gasteiger partial charge in [0.15, 0.2) is 0 Å². The van der Waals surface area contributed by atoms with E-state index >= 15 is 0 Å². The fourth-order valence-corrected chi connectivity index (χ4v) is 3.95. The Labute approximate surface area is 128 Å². The Hall–Kier alpha value is -0.170. The molecule has 0 fully saturated rings. The molecule has 0 aliphatic rings. The molecule has 2 heterocycles. The van der Waals surface area contributed by atoms with Crippen molar-refractivity contribution in [2.75, 3.05) is 0 Å². The highest BCUT2D eigenvalue weighted by molar-refractivity contribution is 9.11. The zero-order valence-corrected chi connectivity index (χ0v) is 14.5. The summed E-state index contributed by atoms with van der Waals surface area (Å²) in [6, 6.07) is 2.16. The van der Waals surface area contributed by atoms with E-state index in [9.17, 15) is 0 Å². The summed E-state index contributed by atoms with van der Waals surface area (Å²) in [5.74, 6) is 0. The molecule has 0 aliphatic carbocycles. The smallest absolute Gasteiger partial charge is 0.0738 e. The number of rotatable bonds is 3. The van der Waals surface area contributed by atoms with Gasteiger partial charge in [0.25, 0.3) is 0 Å². The predicted octanol–water partition coefficient (Wildman–Crippen LogP) is 3.87. The normalized spacial score (nSPS) is 13.0. The molecule has 1 atom stereocenters.